The Kier molecular flexibility index (Phi) is 6.45. The standard InChI is InChI=1S/C19H26ClN3O/c1-13-7-8-15(9-16(13)20)23-17(24)14(10-21)11-22-19(5,6)12-18(2,3)4/h7-9,11,22H,12H2,1-6H3,(H,23,24)/b14-11-. The van der Waals surface area contributed by atoms with Crippen LogP contribution in [0.1, 0.15) is 46.6 Å². The molecule has 0 aliphatic rings. The van der Waals surface area contributed by atoms with E-state index in [1.807, 2.05) is 32.9 Å². The first-order valence-corrected chi connectivity index (χ1v) is 8.27. The van der Waals surface area contributed by atoms with Crippen molar-refractivity contribution >= 4 is 23.2 Å². The first-order valence-electron chi connectivity index (χ1n) is 7.89. The molecule has 0 saturated carbocycles. The Morgan fingerprint density at radius 1 is 1.29 bits per heavy atom. The Morgan fingerprint density at radius 3 is 2.42 bits per heavy atom. The van der Waals surface area contributed by atoms with Crippen molar-refractivity contribution in [3.05, 3.63) is 40.6 Å². The van der Waals surface area contributed by atoms with Crippen LogP contribution in [-0.2, 0) is 4.79 Å². The number of amides is 1. The van der Waals surface area contributed by atoms with Crippen LogP contribution in [0, 0.1) is 23.7 Å². The number of nitrogens with one attached hydrogen (secondary N) is 2. The summed E-state index contributed by atoms with van der Waals surface area (Å²) in [5.41, 5.74) is 1.42. The van der Waals surface area contributed by atoms with Crippen LogP contribution in [0.2, 0.25) is 5.02 Å². The molecule has 0 aromatic heterocycles. The summed E-state index contributed by atoms with van der Waals surface area (Å²) in [7, 11) is 0. The van der Waals surface area contributed by atoms with Crippen LogP contribution < -0.4 is 10.6 Å². The largest absolute Gasteiger partial charge is 0.385 e. The summed E-state index contributed by atoms with van der Waals surface area (Å²) in [6, 6.07) is 7.18. The fourth-order valence-corrected chi connectivity index (χ4v) is 2.84. The maximum Gasteiger partial charge on any atom is 0.267 e. The number of rotatable bonds is 5. The summed E-state index contributed by atoms with van der Waals surface area (Å²) < 4.78 is 0. The molecule has 130 valence electrons. The lowest BCUT2D eigenvalue weighted by Crippen LogP contribution is -2.39. The smallest absolute Gasteiger partial charge is 0.267 e. The maximum atomic E-state index is 12.3. The fraction of sp³-hybridized carbons (Fsp3) is 0.474. The van der Waals surface area contributed by atoms with Crippen molar-refractivity contribution in [1.82, 2.24) is 5.32 Å². The number of nitrogens with zero attached hydrogens (tertiary/aromatic N) is 1. The molecular weight excluding hydrogens is 322 g/mol. The molecule has 1 aromatic rings. The average Bonchev–Trinajstić information content (AvgIpc) is 2.40. The zero-order chi connectivity index (χ0) is 18.5. The average molecular weight is 348 g/mol. The topological polar surface area (TPSA) is 64.9 Å². The van der Waals surface area contributed by atoms with Crippen molar-refractivity contribution in [2.75, 3.05) is 5.32 Å². The van der Waals surface area contributed by atoms with Gasteiger partial charge in [0.1, 0.15) is 11.6 Å². The molecule has 0 bridgehead atoms. The number of hydrogen-bond acceptors (Lipinski definition) is 3. The Balaban J connectivity index is 2.83. The van der Waals surface area contributed by atoms with Crippen molar-refractivity contribution in [3.8, 4) is 6.07 Å². The van der Waals surface area contributed by atoms with Crippen LogP contribution in [0.4, 0.5) is 5.69 Å². The molecule has 5 heteroatoms. The third-order valence-corrected chi connectivity index (χ3v) is 3.78. The van der Waals surface area contributed by atoms with Gasteiger partial charge in [0.05, 0.1) is 0 Å². The molecule has 1 aromatic carbocycles. The maximum absolute atomic E-state index is 12.3. The van der Waals surface area contributed by atoms with Crippen molar-refractivity contribution in [1.29, 1.82) is 5.26 Å². The molecule has 0 fully saturated rings. The number of carbonyl (C=O) groups excluding carboxylic acids is 1. The number of hydrogen-bond donors (Lipinski definition) is 2. The molecule has 0 spiro atoms. The molecule has 24 heavy (non-hydrogen) atoms. The van der Waals surface area contributed by atoms with Crippen molar-refractivity contribution in [2.24, 2.45) is 5.41 Å². The van der Waals surface area contributed by atoms with Gasteiger partial charge in [-0.2, -0.15) is 5.26 Å². The number of carbonyl (C=O) groups is 1. The SMILES string of the molecule is Cc1ccc(NC(=O)/C(C#N)=C\NC(C)(C)CC(C)(C)C)cc1Cl. The highest BCUT2D eigenvalue weighted by Crippen LogP contribution is 2.27. The van der Waals surface area contributed by atoms with Gasteiger partial charge in [-0.15, -0.1) is 0 Å². The molecule has 0 saturated heterocycles. The van der Waals surface area contributed by atoms with Gasteiger partial charge in [-0.1, -0.05) is 38.4 Å². The second-order valence-electron chi connectivity index (χ2n) is 7.85. The third-order valence-electron chi connectivity index (χ3n) is 3.37. The van der Waals surface area contributed by atoms with Crippen LogP contribution in [-0.4, -0.2) is 11.4 Å². The van der Waals surface area contributed by atoms with E-state index in [0.717, 1.165) is 12.0 Å². The predicted molar refractivity (Wildman–Crippen MR) is 99.8 cm³/mol. The van der Waals surface area contributed by atoms with E-state index in [4.69, 9.17) is 11.6 Å². The summed E-state index contributed by atoms with van der Waals surface area (Å²) >= 11 is 6.05. The Bertz CT molecular complexity index is 679. The van der Waals surface area contributed by atoms with E-state index >= 15 is 0 Å². The van der Waals surface area contributed by atoms with Gasteiger partial charge in [-0.3, -0.25) is 4.79 Å². The molecule has 0 radical (unpaired) electrons. The van der Waals surface area contributed by atoms with Gasteiger partial charge >= 0.3 is 0 Å². The molecular formula is C19H26ClN3O. The number of halogens is 1. The quantitative estimate of drug-likeness (QED) is 0.594. The van der Waals surface area contributed by atoms with Crippen LogP contribution in [0.3, 0.4) is 0 Å². The van der Waals surface area contributed by atoms with Gasteiger partial charge in [0.2, 0.25) is 0 Å². The fourth-order valence-electron chi connectivity index (χ4n) is 2.66. The number of aryl methyl sites for hydroxylation is 1. The van der Waals surface area contributed by atoms with Gasteiger partial charge < -0.3 is 10.6 Å². The summed E-state index contributed by atoms with van der Waals surface area (Å²) in [5, 5.41) is 15.7. The van der Waals surface area contributed by atoms with Crippen molar-refractivity contribution < 1.29 is 4.79 Å². The zero-order valence-corrected chi connectivity index (χ0v) is 16.0. The van der Waals surface area contributed by atoms with Gasteiger partial charge in [0, 0.05) is 22.4 Å². The molecule has 1 rings (SSSR count). The molecule has 0 unspecified atom stereocenters. The highest BCUT2D eigenvalue weighted by Gasteiger charge is 2.24. The lowest BCUT2D eigenvalue weighted by molar-refractivity contribution is -0.112. The Morgan fingerprint density at radius 2 is 1.92 bits per heavy atom. The minimum atomic E-state index is -0.462. The predicted octanol–water partition coefficient (Wildman–Crippen LogP) is 4.80. The van der Waals surface area contributed by atoms with E-state index < -0.39 is 5.91 Å². The molecule has 1 amide bonds. The lowest BCUT2D eigenvalue weighted by atomic mass is 9.82. The Hall–Kier alpha value is -1.99. The minimum Gasteiger partial charge on any atom is -0.385 e. The Labute approximate surface area is 149 Å². The molecule has 0 heterocycles. The number of benzene rings is 1. The van der Waals surface area contributed by atoms with Crippen LogP contribution in [0.5, 0.6) is 0 Å². The first-order chi connectivity index (χ1) is 10.9. The molecule has 2 N–H and O–H groups in total. The first kappa shape index (κ1) is 20.1. The second kappa shape index (κ2) is 7.72. The molecule has 4 nitrogen and oxygen atoms in total. The van der Waals surface area contributed by atoms with Crippen LogP contribution in [0.25, 0.3) is 0 Å². The zero-order valence-electron chi connectivity index (χ0n) is 15.2. The summed E-state index contributed by atoms with van der Waals surface area (Å²) in [6.45, 7) is 12.4. The van der Waals surface area contributed by atoms with E-state index in [9.17, 15) is 10.1 Å². The highest BCUT2D eigenvalue weighted by molar-refractivity contribution is 6.31. The van der Waals surface area contributed by atoms with Crippen molar-refractivity contribution in [3.63, 3.8) is 0 Å². The lowest BCUT2D eigenvalue weighted by Gasteiger charge is -2.33. The molecule has 0 aliphatic heterocycles. The normalized spacial score (nSPS) is 12.5. The van der Waals surface area contributed by atoms with E-state index in [-0.39, 0.29) is 16.5 Å². The van der Waals surface area contributed by atoms with E-state index in [1.54, 1.807) is 12.1 Å². The van der Waals surface area contributed by atoms with E-state index in [1.165, 1.54) is 6.20 Å². The number of nitriles is 1. The number of anilines is 1. The van der Waals surface area contributed by atoms with Gasteiger partial charge in [0.15, 0.2) is 0 Å². The van der Waals surface area contributed by atoms with Gasteiger partial charge in [-0.25, -0.2) is 0 Å². The highest BCUT2D eigenvalue weighted by atomic mass is 35.5. The van der Waals surface area contributed by atoms with Crippen LogP contribution in [0.15, 0.2) is 30.0 Å². The van der Waals surface area contributed by atoms with Gasteiger partial charge in [0.25, 0.3) is 5.91 Å². The van der Waals surface area contributed by atoms with Crippen LogP contribution >= 0.6 is 11.6 Å². The monoisotopic (exact) mass is 347 g/mol. The summed E-state index contributed by atoms with van der Waals surface area (Å²) in [6.07, 6.45) is 2.38. The van der Waals surface area contributed by atoms with E-state index in [0.29, 0.717) is 10.7 Å². The van der Waals surface area contributed by atoms with Gasteiger partial charge in [-0.05, 0) is 50.3 Å². The van der Waals surface area contributed by atoms with E-state index in [2.05, 4.69) is 31.4 Å². The minimum absolute atomic E-state index is 0.0219. The second-order valence-corrected chi connectivity index (χ2v) is 8.26. The summed E-state index contributed by atoms with van der Waals surface area (Å²) in [4.78, 5) is 12.3. The summed E-state index contributed by atoms with van der Waals surface area (Å²) in [5.74, 6) is -0.462. The molecule has 0 aliphatic carbocycles. The molecule has 0 atom stereocenters. The van der Waals surface area contributed by atoms with Crippen molar-refractivity contribution in [2.45, 2.75) is 53.5 Å². The third kappa shape index (κ3) is 6.64.